The predicted octanol–water partition coefficient (Wildman–Crippen LogP) is 3.47. The number of anilines is 1. The minimum absolute atomic E-state index is 0.0444. The minimum Gasteiger partial charge on any atom is -0.493 e. The molecule has 0 atom stereocenters. The van der Waals surface area contributed by atoms with Gasteiger partial charge in [0.25, 0.3) is 5.91 Å². The van der Waals surface area contributed by atoms with E-state index in [1.165, 1.54) is 10.9 Å². The molecule has 0 spiro atoms. The number of carbonyl (C=O) groups excluding carboxylic acids is 1. The minimum atomic E-state index is -0.530. The molecule has 4 aromatic rings. The summed E-state index contributed by atoms with van der Waals surface area (Å²) in [5, 5.41) is 20.4. The molecular formula is C27H30ClN9O4. The predicted molar refractivity (Wildman–Crippen MR) is 151 cm³/mol. The molecule has 2 aromatic carbocycles. The fourth-order valence-electron chi connectivity index (χ4n) is 4.40. The Morgan fingerprint density at radius 3 is 2.68 bits per heavy atom. The number of hydrogen-bond donors (Lipinski definition) is 2. The Balaban J connectivity index is 1.28. The van der Waals surface area contributed by atoms with Crippen LogP contribution >= 0.6 is 11.6 Å². The molecule has 0 unspecified atom stereocenters. The summed E-state index contributed by atoms with van der Waals surface area (Å²) in [5.41, 5.74) is 10.7. The quantitative estimate of drug-likeness (QED) is 0.210. The molecule has 0 bridgehead atoms. The molecule has 1 aliphatic rings. The van der Waals surface area contributed by atoms with E-state index >= 15 is 0 Å². The van der Waals surface area contributed by atoms with E-state index in [1.54, 1.807) is 25.3 Å². The molecule has 14 heteroatoms. The monoisotopic (exact) mass is 579 g/mol. The van der Waals surface area contributed by atoms with Gasteiger partial charge in [0.1, 0.15) is 6.61 Å². The number of amides is 1. The van der Waals surface area contributed by atoms with E-state index in [1.807, 2.05) is 24.3 Å². The first kappa shape index (κ1) is 28.1. The lowest BCUT2D eigenvalue weighted by molar-refractivity contribution is 0.0946. The number of nitrogen functional groups attached to an aromatic ring is 1. The summed E-state index contributed by atoms with van der Waals surface area (Å²) in [7, 11) is 1.55. The van der Waals surface area contributed by atoms with E-state index in [2.05, 4.69) is 43.0 Å². The van der Waals surface area contributed by atoms with Gasteiger partial charge >= 0.3 is 0 Å². The number of benzene rings is 2. The van der Waals surface area contributed by atoms with Crippen molar-refractivity contribution >= 4 is 29.5 Å². The summed E-state index contributed by atoms with van der Waals surface area (Å²) in [6.45, 7) is 4.79. The van der Waals surface area contributed by atoms with Crippen molar-refractivity contribution in [1.29, 1.82) is 0 Å². The summed E-state index contributed by atoms with van der Waals surface area (Å²) >= 11 is 5.95. The van der Waals surface area contributed by atoms with Crippen molar-refractivity contribution in [3.63, 3.8) is 0 Å². The van der Waals surface area contributed by atoms with Crippen LogP contribution in [0.5, 0.6) is 11.5 Å². The lowest BCUT2D eigenvalue weighted by Gasteiger charge is -2.30. The molecule has 1 aliphatic heterocycles. The smallest absolute Gasteiger partial charge is 0.293 e. The van der Waals surface area contributed by atoms with Crippen molar-refractivity contribution in [3.8, 4) is 17.3 Å². The van der Waals surface area contributed by atoms with Crippen molar-refractivity contribution in [3.05, 3.63) is 70.0 Å². The molecular weight excluding hydrogens is 550 g/mol. The van der Waals surface area contributed by atoms with E-state index in [-0.39, 0.29) is 17.3 Å². The second-order valence-electron chi connectivity index (χ2n) is 9.75. The average Bonchev–Trinajstić information content (AvgIpc) is 3.59. The molecule has 1 saturated heterocycles. The summed E-state index contributed by atoms with van der Waals surface area (Å²) in [6.07, 6.45) is 3.63. The van der Waals surface area contributed by atoms with Crippen LogP contribution in [0.1, 0.15) is 47.1 Å². The van der Waals surface area contributed by atoms with Crippen LogP contribution in [0.25, 0.3) is 5.82 Å². The Morgan fingerprint density at radius 1 is 1.20 bits per heavy atom. The molecule has 2 aromatic heterocycles. The Bertz CT molecular complexity index is 1510. The van der Waals surface area contributed by atoms with Gasteiger partial charge in [0, 0.05) is 11.6 Å². The zero-order chi connectivity index (χ0) is 28.8. The van der Waals surface area contributed by atoms with Gasteiger partial charge in [-0.1, -0.05) is 35.9 Å². The highest BCUT2D eigenvalue weighted by molar-refractivity contribution is 6.30. The normalized spacial score (nSPS) is 14.4. The first-order valence-corrected chi connectivity index (χ1v) is 13.4. The van der Waals surface area contributed by atoms with Crippen LogP contribution in [0.3, 0.4) is 0 Å². The number of methoxy groups -OCH3 is 1. The molecule has 0 saturated carbocycles. The van der Waals surface area contributed by atoms with Crippen LogP contribution in [0.15, 0.2) is 52.2 Å². The summed E-state index contributed by atoms with van der Waals surface area (Å²) in [4.78, 5) is 15.4. The van der Waals surface area contributed by atoms with Crippen LogP contribution in [0, 0.1) is 5.92 Å². The maximum Gasteiger partial charge on any atom is 0.293 e. The van der Waals surface area contributed by atoms with E-state index in [9.17, 15) is 4.79 Å². The molecule has 5 rings (SSSR count). The largest absolute Gasteiger partial charge is 0.493 e. The SMILES string of the molecule is COc1cc(/C=N/NC(=O)c2nnn(-c3nonc3N)c2CN2CCC(C)CC2)ccc1OCc1ccc(Cl)cc1. The van der Waals surface area contributed by atoms with Gasteiger partial charge in [0.05, 0.1) is 19.0 Å². The fraction of sp³-hybridized carbons (Fsp3) is 0.333. The number of ether oxygens (including phenoxy) is 2. The van der Waals surface area contributed by atoms with Gasteiger partial charge in [-0.05, 0) is 83.6 Å². The highest BCUT2D eigenvalue weighted by Gasteiger charge is 2.26. The van der Waals surface area contributed by atoms with Crippen LogP contribution in [-0.2, 0) is 13.2 Å². The Morgan fingerprint density at radius 2 is 1.98 bits per heavy atom. The number of halogens is 1. The summed E-state index contributed by atoms with van der Waals surface area (Å²) in [6, 6.07) is 12.7. The average molecular weight is 580 g/mol. The highest BCUT2D eigenvalue weighted by Crippen LogP contribution is 2.28. The first-order valence-electron chi connectivity index (χ1n) is 13.0. The zero-order valence-electron chi connectivity index (χ0n) is 22.7. The van der Waals surface area contributed by atoms with Gasteiger partial charge in [0.2, 0.25) is 11.6 Å². The topological polar surface area (TPSA) is 159 Å². The summed E-state index contributed by atoms with van der Waals surface area (Å²) in [5.74, 6) is 1.43. The third kappa shape index (κ3) is 6.81. The van der Waals surface area contributed by atoms with Crippen LogP contribution < -0.4 is 20.6 Å². The van der Waals surface area contributed by atoms with Gasteiger partial charge < -0.3 is 15.2 Å². The number of rotatable bonds is 10. The number of nitrogens with two attached hydrogens (primary N) is 1. The van der Waals surface area contributed by atoms with Crippen molar-refractivity contribution in [2.45, 2.75) is 32.9 Å². The molecule has 1 fully saturated rings. The van der Waals surface area contributed by atoms with Gasteiger partial charge in [-0.15, -0.1) is 5.10 Å². The molecule has 0 radical (unpaired) electrons. The van der Waals surface area contributed by atoms with E-state index in [0.717, 1.165) is 31.5 Å². The van der Waals surface area contributed by atoms with Crippen molar-refractivity contribution in [2.24, 2.45) is 11.0 Å². The molecule has 1 amide bonds. The maximum atomic E-state index is 13.1. The Kier molecular flexibility index (Phi) is 8.75. The van der Waals surface area contributed by atoms with E-state index in [4.69, 9.17) is 31.4 Å². The maximum absolute atomic E-state index is 13.1. The van der Waals surface area contributed by atoms with Gasteiger partial charge in [0.15, 0.2) is 17.2 Å². The number of nitrogens with zero attached hydrogens (tertiary/aromatic N) is 7. The number of hydrazone groups is 1. The fourth-order valence-corrected chi connectivity index (χ4v) is 4.53. The highest BCUT2D eigenvalue weighted by atomic mass is 35.5. The van der Waals surface area contributed by atoms with Crippen LogP contribution in [-0.4, -0.2) is 62.5 Å². The number of hydrogen-bond acceptors (Lipinski definition) is 11. The van der Waals surface area contributed by atoms with Crippen LogP contribution in [0.2, 0.25) is 5.02 Å². The molecule has 41 heavy (non-hydrogen) atoms. The van der Waals surface area contributed by atoms with Crippen molar-refractivity contribution < 1.29 is 18.9 Å². The second kappa shape index (κ2) is 12.8. The molecule has 3 N–H and O–H groups in total. The first-order chi connectivity index (χ1) is 19.9. The van der Waals surface area contributed by atoms with E-state index in [0.29, 0.717) is 46.8 Å². The third-order valence-electron chi connectivity index (χ3n) is 6.80. The Hall–Kier alpha value is -4.49. The number of aromatic nitrogens is 5. The number of carbonyl (C=O) groups is 1. The number of piperidine rings is 1. The van der Waals surface area contributed by atoms with Gasteiger partial charge in [-0.25, -0.2) is 10.1 Å². The van der Waals surface area contributed by atoms with Crippen molar-refractivity contribution in [1.82, 2.24) is 35.6 Å². The van der Waals surface area contributed by atoms with Crippen LogP contribution in [0.4, 0.5) is 5.82 Å². The lowest BCUT2D eigenvalue weighted by atomic mass is 9.99. The van der Waals surface area contributed by atoms with Gasteiger partial charge in [-0.2, -0.15) is 9.78 Å². The molecule has 13 nitrogen and oxygen atoms in total. The standard InChI is InChI=1S/C27H30ClN9O4/c1-17-9-11-36(12-10-17)15-21-24(31-35-37(21)26-25(29)33-41-34-26)27(38)32-30-14-19-5-8-22(23(13-19)39-2)40-16-18-3-6-20(28)7-4-18/h3-8,13-14,17H,9-12,15-16H2,1-2H3,(H2,29,33)(H,32,38)/b30-14+. The third-order valence-corrected chi connectivity index (χ3v) is 7.05. The molecule has 214 valence electrons. The lowest BCUT2D eigenvalue weighted by Crippen LogP contribution is -2.34. The zero-order valence-corrected chi connectivity index (χ0v) is 23.4. The Labute approximate surface area is 241 Å². The molecule has 3 heterocycles. The number of likely N-dealkylation sites (tertiary alicyclic amines) is 1. The van der Waals surface area contributed by atoms with E-state index < -0.39 is 5.91 Å². The summed E-state index contributed by atoms with van der Waals surface area (Å²) < 4.78 is 17.5. The molecule has 0 aliphatic carbocycles. The van der Waals surface area contributed by atoms with Crippen molar-refractivity contribution in [2.75, 3.05) is 25.9 Å². The second-order valence-corrected chi connectivity index (χ2v) is 10.2. The number of nitrogens with one attached hydrogen (secondary N) is 1. The van der Waals surface area contributed by atoms with Gasteiger partial charge in [-0.3, -0.25) is 9.69 Å².